The third-order valence-electron chi connectivity index (χ3n) is 3.69. The lowest BCUT2D eigenvalue weighted by atomic mass is 9.94. The molecule has 1 atom stereocenters. The smallest absolute Gasteiger partial charge is 0.138 e. The highest BCUT2D eigenvalue weighted by molar-refractivity contribution is 7.99. The molecule has 0 radical (unpaired) electrons. The minimum absolute atomic E-state index is 0.357. The van der Waals surface area contributed by atoms with Crippen LogP contribution in [0, 0.1) is 20.8 Å². The van der Waals surface area contributed by atoms with Crippen LogP contribution in [0.5, 0.6) is 0 Å². The summed E-state index contributed by atoms with van der Waals surface area (Å²) in [6.45, 7) is 7.36. The molecule has 1 heterocycles. The van der Waals surface area contributed by atoms with E-state index in [2.05, 4.69) is 38.2 Å². The molecule has 1 aromatic carbocycles. The highest BCUT2D eigenvalue weighted by Gasteiger charge is 2.18. The van der Waals surface area contributed by atoms with Crippen molar-refractivity contribution in [1.29, 1.82) is 0 Å². The lowest BCUT2D eigenvalue weighted by Crippen LogP contribution is -2.39. The van der Waals surface area contributed by atoms with Crippen LogP contribution in [0.1, 0.15) is 28.7 Å². The molecule has 0 amide bonds. The molecule has 104 valence electrons. The van der Waals surface area contributed by atoms with Crippen molar-refractivity contribution >= 4 is 17.5 Å². The van der Waals surface area contributed by atoms with Gasteiger partial charge in [0.2, 0.25) is 0 Å². The summed E-state index contributed by atoms with van der Waals surface area (Å²) in [6.07, 6.45) is 1.25. The number of carbonyl (C=O) groups is 1. The molecule has 19 heavy (non-hydrogen) atoms. The molecule has 2 rings (SSSR count). The van der Waals surface area contributed by atoms with Crippen LogP contribution in [0.4, 0.5) is 0 Å². The van der Waals surface area contributed by atoms with E-state index in [1.807, 2.05) is 11.8 Å². The predicted octanol–water partition coefficient (Wildman–Crippen LogP) is 2.82. The second kappa shape index (κ2) is 6.58. The second-order valence-corrected chi connectivity index (χ2v) is 6.67. The number of hydrogen-bond donors (Lipinski definition) is 1. The van der Waals surface area contributed by atoms with E-state index >= 15 is 0 Å². The Morgan fingerprint density at radius 2 is 2.00 bits per heavy atom. The maximum absolute atomic E-state index is 12.2. The van der Waals surface area contributed by atoms with Gasteiger partial charge in [-0.25, -0.2) is 0 Å². The molecule has 1 aromatic rings. The van der Waals surface area contributed by atoms with E-state index in [0.717, 1.165) is 12.3 Å². The normalized spacial score (nSPS) is 19.4. The van der Waals surface area contributed by atoms with Crippen LogP contribution in [0.3, 0.4) is 0 Å². The van der Waals surface area contributed by atoms with Crippen molar-refractivity contribution in [3.63, 3.8) is 0 Å². The number of Topliss-reactive ketones (excluding diaryl/α,β-unsaturated/α-hetero) is 1. The fraction of sp³-hybridized carbons (Fsp3) is 0.562. The lowest BCUT2D eigenvalue weighted by molar-refractivity contribution is -0.118. The Labute approximate surface area is 120 Å². The first-order valence-electron chi connectivity index (χ1n) is 6.96. The molecule has 1 N–H and O–H groups in total. The highest BCUT2D eigenvalue weighted by Crippen LogP contribution is 2.19. The van der Waals surface area contributed by atoms with E-state index in [-0.39, 0.29) is 0 Å². The van der Waals surface area contributed by atoms with Crippen LogP contribution < -0.4 is 5.32 Å². The number of carbonyl (C=O) groups excluding carboxylic acids is 1. The number of benzene rings is 1. The van der Waals surface area contributed by atoms with Gasteiger partial charge in [-0.15, -0.1) is 0 Å². The summed E-state index contributed by atoms with van der Waals surface area (Å²) in [4.78, 5) is 12.2. The number of thioether (sulfide) groups is 1. The van der Waals surface area contributed by atoms with Gasteiger partial charge in [0.25, 0.3) is 0 Å². The number of rotatable bonds is 4. The Balaban J connectivity index is 1.98. The zero-order chi connectivity index (χ0) is 13.8. The van der Waals surface area contributed by atoms with E-state index in [4.69, 9.17) is 0 Å². The number of hydrogen-bond acceptors (Lipinski definition) is 3. The topological polar surface area (TPSA) is 29.1 Å². The van der Waals surface area contributed by atoms with Crippen LogP contribution >= 0.6 is 11.8 Å². The van der Waals surface area contributed by atoms with Crippen LogP contribution in [-0.2, 0) is 11.2 Å². The SMILES string of the molecule is Cc1cc(C)c(CC(=O)CC2CSCCN2)c(C)c1. The fourth-order valence-electron chi connectivity index (χ4n) is 2.78. The fourth-order valence-corrected chi connectivity index (χ4v) is 3.73. The molecule has 1 saturated heterocycles. The second-order valence-electron chi connectivity index (χ2n) is 5.52. The Morgan fingerprint density at radius 3 is 2.58 bits per heavy atom. The van der Waals surface area contributed by atoms with Gasteiger partial charge in [-0.2, -0.15) is 11.8 Å². The van der Waals surface area contributed by atoms with Crippen LogP contribution in [0.25, 0.3) is 0 Å². The van der Waals surface area contributed by atoms with E-state index < -0.39 is 0 Å². The molecule has 1 aliphatic heterocycles. The van der Waals surface area contributed by atoms with E-state index in [0.29, 0.717) is 24.7 Å². The lowest BCUT2D eigenvalue weighted by Gasteiger charge is -2.22. The van der Waals surface area contributed by atoms with Gasteiger partial charge < -0.3 is 5.32 Å². The van der Waals surface area contributed by atoms with Gasteiger partial charge >= 0.3 is 0 Å². The van der Waals surface area contributed by atoms with Crippen molar-refractivity contribution in [1.82, 2.24) is 5.32 Å². The van der Waals surface area contributed by atoms with Crippen molar-refractivity contribution in [2.24, 2.45) is 0 Å². The van der Waals surface area contributed by atoms with Crippen LogP contribution in [-0.4, -0.2) is 29.9 Å². The molecule has 0 bridgehead atoms. The van der Waals surface area contributed by atoms with Gasteiger partial charge in [0.1, 0.15) is 5.78 Å². The summed E-state index contributed by atoms with van der Waals surface area (Å²) in [5.74, 6) is 2.59. The van der Waals surface area contributed by atoms with Crippen molar-refractivity contribution in [2.75, 3.05) is 18.1 Å². The van der Waals surface area contributed by atoms with Crippen molar-refractivity contribution in [3.05, 3.63) is 34.4 Å². The van der Waals surface area contributed by atoms with E-state index in [1.165, 1.54) is 28.0 Å². The summed E-state index contributed by atoms with van der Waals surface area (Å²) >= 11 is 1.94. The first-order valence-corrected chi connectivity index (χ1v) is 8.11. The zero-order valence-corrected chi connectivity index (χ0v) is 12.9. The molecule has 0 spiro atoms. The van der Waals surface area contributed by atoms with Gasteiger partial charge in [0.05, 0.1) is 0 Å². The van der Waals surface area contributed by atoms with Gasteiger partial charge in [0.15, 0.2) is 0 Å². The predicted molar refractivity (Wildman–Crippen MR) is 83.1 cm³/mol. The molecule has 2 nitrogen and oxygen atoms in total. The summed E-state index contributed by atoms with van der Waals surface area (Å²) < 4.78 is 0. The van der Waals surface area contributed by atoms with Crippen molar-refractivity contribution in [2.45, 2.75) is 39.7 Å². The number of aryl methyl sites for hydroxylation is 3. The largest absolute Gasteiger partial charge is 0.312 e. The molecule has 3 heteroatoms. The Kier molecular flexibility index (Phi) is 5.06. The van der Waals surface area contributed by atoms with Crippen molar-refractivity contribution < 1.29 is 4.79 Å². The van der Waals surface area contributed by atoms with Gasteiger partial charge in [-0.1, -0.05) is 17.7 Å². The van der Waals surface area contributed by atoms with Crippen LogP contribution in [0.2, 0.25) is 0 Å². The molecular formula is C16H23NOS. The Hall–Kier alpha value is -0.800. The number of nitrogens with one attached hydrogen (secondary N) is 1. The van der Waals surface area contributed by atoms with Crippen LogP contribution in [0.15, 0.2) is 12.1 Å². The van der Waals surface area contributed by atoms with Gasteiger partial charge in [-0.05, 0) is 37.5 Å². The van der Waals surface area contributed by atoms with Gasteiger partial charge in [0, 0.05) is 36.9 Å². The maximum atomic E-state index is 12.2. The first-order chi connectivity index (χ1) is 9.06. The summed E-state index contributed by atoms with van der Waals surface area (Å²) in [5.41, 5.74) is 4.99. The molecule has 0 aromatic heterocycles. The molecule has 1 aliphatic rings. The average molecular weight is 277 g/mol. The summed E-state index contributed by atoms with van der Waals surface area (Å²) in [7, 11) is 0. The third kappa shape index (κ3) is 4.08. The van der Waals surface area contributed by atoms with Crippen molar-refractivity contribution in [3.8, 4) is 0 Å². The maximum Gasteiger partial charge on any atom is 0.138 e. The molecule has 0 aliphatic carbocycles. The summed E-state index contributed by atoms with van der Waals surface area (Å²) in [6, 6.07) is 4.71. The number of ketones is 1. The van der Waals surface area contributed by atoms with E-state index in [9.17, 15) is 4.79 Å². The summed E-state index contributed by atoms with van der Waals surface area (Å²) in [5, 5.41) is 3.43. The highest BCUT2D eigenvalue weighted by atomic mass is 32.2. The molecule has 0 saturated carbocycles. The molecule has 1 fully saturated rings. The minimum atomic E-state index is 0.357. The van der Waals surface area contributed by atoms with Gasteiger partial charge in [-0.3, -0.25) is 4.79 Å². The monoisotopic (exact) mass is 277 g/mol. The zero-order valence-electron chi connectivity index (χ0n) is 12.1. The molecule has 1 unspecified atom stereocenters. The average Bonchev–Trinajstić information content (AvgIpc) is 2.35. The quantitative estimate of drug-likeness (QED) is 0.917. The first kappa shape index (κ1) is 14.6. The third-order valence-corrected chi connectivity index (χ3v) is 4.82. The van der Waals surface area contributed by atoms with E-state index in [1.54, 1.807) is 0 Å². The minimum Gasteiger partial charge on any atom is -0.312 e. The Morgan fingerprint density at radius 1 is 1.32 bits per heavy atom. The standard InChI is InChI=1S/C16H23NOS/c1-11-6-12(2)16(13(3)7-11)9-15(18)8-14-10-19-5-4-17-14/h6-7,14,17H,4-5,8-10H2,1-3H3. The molecular weight excluding hydrogens is 254 g/mol. The Bertz CT molecular complexity index is 441.